The Bertz CT molecular complexity index is 618. The summed E-state index contributed by atoms with van der Waals surface area (Å²) in [7, 11) is 3.45. The summed E-state index contributed by atoms with van der Waals surface area (Å²) in [5.74, 6) is 3.20. The van der Waals surface area contributed by atoms with Gasteiger partial charge in [0.2, 0.25) is 0 Å². The average molecular weight is 488 g/mol. The smallest absolute Gasteiger partial charge is 0.195 e. The van der Waals surface area contributed by atoms with Crippen molar-refractivity contribution in [3.05, 3.63) is 18.2 Å². The summed E-state index contributed by atoms with van der Waals surface area (Å²) in [6.45, 7) is 5.82. The van der Waals surface area contributed by atoms with E-state index in [4.69, 9.17) is 9.47 Å². The molecule has 7 heteroatoms. The monoisotopic (exact) mass is 488 g/mol. The van der Waals surface area contributed by atoms with Crippen LogP contribution in [0.15, 0.2) is 23.2 Å². The highest BCUT2D eigenvalue weighted by atomic mass is 127. The first-order valence-corrected chi connectivity index (χ1v) is 9.76. The quantitative estimate of drug-likeness (QED) is 0.300. The second-order valence-electron chi connectivity index (χ2n) is 7.09. The molecule has 2 saturated carbocycles. The van der Waals surface area contributed by atoms with Crippen molar-refractivity contribution in [1.29, 1.82) is 0 Å². The van der Waals surface area contributed by atoms with Crippen LogP contribution in [0.25, 0.3) is 0 Å². The number of hydrogen-bond donors (Lipinski definition) is 2. The number of rotatable bonds is 10. The zero-order chi connectivity index (χ0) is 18.4. The van der Waals surface area contributed by atoms with Gasteiger partial charge < -0.3 is 20.1 Å². The van der Waals surface area contributed by atoms with E-state index in [-0.39, 0.29) is 24.0 Å². The lowest BCUT2D eigenvalue weighted by Crippen LogP contribution is -2.39. The van der Waals surface area contributed by atoms with E-state index in [1.54, 1.807) is 14.2 Å². The third kappa shape index (κ3) is 7.03. The maximum atomic E-state index is 5.64. The lowest BCUT2D eigenvalue weighted by Gasteiger charge is -2.22. The van der Waals surface area contributed by atoms with E-state index in [1.165, 1.54) is 32.2 Å². The van der Waals surface area contributed by atoms with E-state index >= 15 is 0 Å². The van der Waals surface area contributed by atoms with Gasteiger partial charge in [0.1, 0.15) is 0 Å². The Morgan fingerprint density at radius 2 is 2.00 bits per heavy atom. The Morgan fingerprint density at radius 3 is 2.59 bits per heavy atom. The van der Waals surface area contributed by atoms with Crippen LogP contribution in [0.2, 0.25) is 0 Å². The van der Waals surface area contributed by atoms with Gasteiger partial charge in [0.05, 0.1) is 13.7 Å². The lowest BCUT2D eigenvalue weighted by atomic mass is 10.2. The number of nitrogens with one attached hydrogen (secondary N) is 2. The predicted octanol–water partition coefficient (Wildman–Crippen LogP) is 3.57. The fraction of sp³-hybridized carbons (Fsp3) is 0.650. The van der Waals surface area contributed by atoms with E-state index < -0.39 is 0 Å². The van der Waals surface area contributed by atoms with Crippen LogP contribution in [-0.4, -0.2) is 57.3 Å². The number of benzene rings is 1. The maximum absolute atomic E-state index is 5.64. The molecule has 0 atom stereocenters. The lowest BCUT2D eigenvalue weighted by molar-refractivity contribution is 0.257. The van der Waals surface area contributed by atoms with E-state index in [0.29, 0.717) is 6.61 Å². The Balaban J connectivity index is 0.00000261. The van der Waals surface area contributed by atoms with E-state index in [0.717, 1.165) is 48.2 Å². The van der Waals surface area contributed by atoms with Crippen LogP contribution in [0, 0.1) is 5.92 Å². The molecule has 0 amide bonds. The summed E-state index contributed by atoms with van der Waals surface area (Å²) in [5, 5.41) is 6.77. The predicted molar refractivity (Wildman–Crippen MR) is 122 cm³/mol. The number of anilines is 1. The minimum Gasteiger partial charge on any atom is -0.493 e. The normalized spacial score (nSPS) is 16.7. The number of nitrogens with zero attached hydrogens (tertiary/aromatic N) is 2. The van der Waals surface area contributed by atoms with Crippen LogP contribution in [0.4, 0.5) is 5.69 Å². The Hall–Kier alpha value is -1.22. The minimum atomic E-state index is 0. The molecule has 0 radical (unpaired) electrons. The molecule has 2 N–H and O–H groups in total. The van der Waals surface area contributed by atoms with Gasteiger partial charge in [0, 0.05) is 44.5 Å². The van der Waals surface area contributed by atoms with Gasteiger partial charge in [-0.05, 0) is 50.7 Å². The molecule has 1 aromatic rings. The minimum absolute atomic E-state index is 0. The molecule has 0 heterocycles. The fourth-order valence-electron chi connectivity index (χ4n) is 3.15. The Labute approximate surface area is 180 Å². The molecule has 2 fully saturated rings. The molecular formula is C20H33IN4O2. The van der Waals surface area contributed by atoms with Crippen molar-refractivity contribution in [1.82, 2.24) is 10.2 Å². The van der Waals surface area contributed by atoms with Crippen LogP contribution < -0.4 is 20.1 Å². The number of aliphatic imine (C=N–C) groups is 1. The van der Waals surface area contributed by atoms with Crippen molar-refractivity contribution in [3.8, 4) is 11.5 Å². The summed E-state index contributed by atoms with van der Waals surface area (Å²) in [6.07, 6.45) is 5.57. The van der Waals surface area contributed by atoms with Crippen molar-refractivity contribution >= 4 is 35.6 Å². The Kier molecular flexibility index (Phi) is 8.95. The van der Waals surface area contributed by atoms with Crippen molar-refractivity contribution in [3.63, 3.8) is 0 Å². The number of methoxy groups -OCH3 is 1. The molecule has 27 heavy (non-hydrogen) atoms. The highest BCUT2D eigenvalue weighted by Crippen LogP contribution is 2.34. The van der Waals surface area contributed by atoms with Gasteiger partial charge in [-0.2, -0.15) is 0 Å². The van der Waals surface area contributed by atoms with E-state index in [9.17, 15) is 0 Å². The standard InChI is InChI=1S/C20H32N4O2.HI/c1-4-26-19-13-16(7-10-18(19)25-3)23-20(21-2)22-11-12-24(17-8-9-17)14-15-5-6-15;/h7,10,13,15,17H,4-6,8-9,11-12,14H2,1-3H3,(H2,21,22,23);1H. The second kappa shape index (κ2) is 10.9. The Morgan fingerprint density at radius 1 is 1.22 bits per heavy atom. The largest absolute Gasteiger partial charge is 0.493 e. The van der Waals surface area contributed by atoms with Gasteiger partial charge in [0.25, 0.3) is 0 Å². The van der Waals surface area contributed by atoms with Crippen LogP contribution >= 0.6 is 24.0 Å². The van der Waals surface area contributed by atoms with Crippen molar-refractivity contribution < 1.29 is 9.47 Å². The fourth-order valence-corrected chi connectivity index (χ4v) is 3.15. The topological polar surface area (TPSA) is 58.1 Å². The number of ether oxygens (including phenoxy) is 2. The highest BCUT2D eigenvalue weighted by Gasteiger charge is 2.33. The van der Waals surface area contributed by atoms with Gasteiger partial charge in [-0.25, -0.2) is 0 Å². The summed E-state index contributed by atoms with van der Waals surface area (Å²) in [6, 6.07) is 6.64. The molecule has 0 aliphatic heterocycles. The summed E-state index contributed by atoms with van der Waals surface area (Å²) in [5.41, 5.74) is 0.930. The van der Waals surface area contributed by atoms with Crippen molar-refractivity contribution in [2.24, 2.45) is 10.9 Å². The summed E-state index contributed by atoms with van der Waals surface area (Å²) < 4.78 is 11.0. The first-order chi connectivity index (χ1) is 12.7. The van der Waals surface area contributed by atoms with Crippen LogP contribution in [0.3, 0.4) is 0 Å². The second-order valence-corrected chi connectivity index (χ2v) is 7.09. The number of hydrogen-bond acceptors (Lipinski definition) is 4. The zero-order valence-electron chi connectivity index (χ0n) is 16.7. The van der Waals surface area contributed by atoms with Crippen molar-refractivity contribution in [2.45, 2.75) is 38.6 Å². The first-order valence-electron chi connectivity index (χ1n) is 9.76. The van der Waals surface area contributed by atoms with Gasteiger partial charge in [-0.15, -0.1) is 24.0 Å². The van der Waals surface area contributed by atoms with E-state index in [2.05, 4.69) is 20.5 Å². The molecule has 3 rings (SSSR count). The van der Waals surface area contributed by atoms with E-state index in [1.807, 2.05) is 25.1 Å². The SMILES string of the molecule is CCOc1cc(NC(=NC)NCCN(CC2CC2)C2CC2)ccc1OC.I. The molecule has 0 unspecified atom stereocenters. The maximum Gasteiger partial charge on any atom is 0.195 e. The zero-order valence-corrected chi connectivity index (χ0v) is 19.0. The molecule has 2 aliphatic rings. The molecule has 2 aliphatic carbocycles. The highest BCUT2D eigenvalue weighted by molar-refractivity contribution is 14.0. The third-order valence-corrected chi connectivity index (χ3v) is 4.89. The molecule has 0 bridgehead atoms. The van der Waals surface area contributed by atoms with Crippen LogP contribution in [-0.2, 0) is 0 Å². The number of guanidine groups is 1. The average Bonchev–Trinajstić information content (AvgIpc) is 3.54. The van der Waals surface area contributed by atoms with Gasteiger partial charge >= 0.3 is 0 Å². The van der Waals surface area contributed by atoms with Crippen molar-refractivity contribution in [2.75, 3.05) is 45.7 Å². The molecule has 152 valence electrons. The van der Waals surface area contributed by atoms with Gasteiger partial charge in [-0.3, -0.25) is 9.89 Å². The molecule has 0 saturated heterocycles. The first kappa shape index (κ1) is 22.1. The summed E-state index contributed by atoms with van der Waals surface area (Å²) >= 11 is 0. The van der Waals surface area contributed by atoms with Crippen LogP contribution in [0.5, 0.6) is 11.5 Å². The van der Waals surface area contributed by atoms with Gasteiger partial charge in [0.15, 0.2) is 17.5 Å². The molecule has 1 aromatic carbocycles. The van der Waals surface area contributed by atoms with Gasteiger partial charge in [-0.1, -0.05) is 0 Å². The molecule has 0 spiro atoms. The molecule has 6 nitrogen and oxygen atoms in total. The third-order valence-electron chi connectivity index (χ3n) is 4.89. The molecular weight excluding hydrogens is 455 g/mol. The summed E-state index contributed by atoms with van der Waals surface area (Å²) in [4.78, 5) is 6.99. The number of halogens is 1. The van der Waals surface area contributed by atoms with Crippen LogP contribution in [0.1, 0.15) is 32.6 Å². The molecule has 0 aromatic heterocycles.